The Kier molecular flexibility index (Phi) is 6.14. The molecular weight excluding hydrogens is 255 g/mol. The highest BCUT2D eigenvalue weighted by atomic mass is 19.1. The van der Waals surface area contributed by atoms with Crippen molar-refractivity contribution in [3.8, 4) is 0 Å². The van der Waals surface area contributed by atoms with Gasteiger partial charge in [-0.25, -0.2) is 4.39 Å². The molecule has 1 amide bonds. The maximum Gasteiger partial charge on any atom is 0.230 e. The van der Waals surface area contributed by atoms with Crippen molar-refractivity contribution < 1.29 is 9.18 Å². The molecule has 0 saturated carbocycles. The van der Waals surface area contributed by atoms with Gasteiger partial charge >= 0.3 is 0 Å². The van der Waals surface area contributed by atoms with Crippen molar-refractivity contribution in [1.82, 2.24) is 5.32 Å². The Balaban J connectivity index is 2.75. The van der Waals surface area contributed by atoms with Crippen LogP contribution in [0.15, 0.2) is 24.3 Å². The Hall–Kier alpha value is -1.42. The molecule has 0 heterocycles. The molecular formula is C16H25FN2O. The van der Waals surface area contributed by atoms with Gasteiger partial charge in [-0.1, -0.05) is 31.9 Å². The molecule has 1 atom stereocenters. The van der Waals surface area contributed by atoms with E-state index in [0.29, 0.717) is 6.54 Å². The van der Waals surface area contributed by atoms with Crippen LogP contribution in [0.1, 0.15) is 45.6 Å². The van der Waals surface area contributed by atoms with Crippen molar-refractivity contribution in [1.29, 1.82) is 0 Å². The maximum atomic E-state index is 13.0. The average Bonchev–Trinajstić information content (AvgIpc) is 2.43. The fraction of sp³-hybridized carbons (Fsp3) is 0.562. The summed E-state index contributed by atoms with van der Waals surface area (Å²) in [4.78, 5) is 12.4. The number of hydrogen-bond acceptors (Lipinski definition) is 2. The minimum Gasteiger partial charge on any atom is -0.351 e. The fourth-order valence-electron chi connectivity index (χ4n) is 2.06. The van der Waals surface area contributed by atoms with Crippen LogP contribution >= 0.6 is 0 Å². The van der Waals surface area contributed by atoms with Crippen molar-refractivity contribution >= 4 is 5.91 Å². The lowest BCUT2D eigenvalue weighted by Crippen LogP contribution is -2.47. The monoisotopic (exact) mass is 280 g/mol. The summed E-state index contributed by atoms with van der Waals surface area (Å²) in [6.07, 6.45) is 3.01. The van der Waals surface area contributed by atoms with Crippen LogP contribution in [0.4, 0.5) is 4.39 Å². The second kappa shape index (κ2) is 7.39. The van der Waals surface area contributed by atoms with Gasteiger partial charge in [0.2, 0.25) is 5.91 Å². The number of unbranched alkanes of at least 4 members (excludes halogenated alkanes) is 1. The van der Waals surface area contributed by atoms with Crippen LogP contribution in [-0.4, -0.2) is 18.5 Å². The van der Waals surface area contributed by atoms with Crippen LogP contribution in [0, 0.1) is 5.82 Å². The number of benzene rings is 1. The number of halogens is 1. The highest BCUT2D eigenvalue weighted by Gasteiger charge is 2.30. The van der Waals surface area contributed by atoms with Crippen LogP contribution in [-0.2, 0) is 10.2 Å². The third-order valence-corrected chi connectivity index (χ3v) is 3.66. The molecule has 1 rings (SSSR count). The van der Waals surface area contributed by atoms with E-state index in [1.807, 2.05) is 13.8 Å². The molecule has 0 aromatic heterocycles. The molecule has 4 heteroatoms. The van der Waals surface area contributed by atoms with Crippen LogP contribution in [0.2, 0.25) is 0 Å². The Morgan fingerprint density at radius 2 is 1.95 bits per heavy atom. The highest BCUT2D eigenvalue weighted by Crippen LogP contribution is 2.24. The average molecular weight is 280 g/mol. The first-order valence-electron chi connectivity index (χ1n) is 7.19. The summed E-state index contributed by atoms with van der Waals surface area (Å²) >= 11 is 0. The van der Waals surface area contributed by atoms with E-state index in [0.717, 1.165) is 24.8 Å². The molecule has 0 aliphatic rings. The minimum atomic E-state index is -0.701. The van der Waals surface area contributed by atoms with Gasteiger partial charge in [-0.2, -0.15) is 0 Å². The quantitative estimate of drug-likeness (QED) is 0.807. The van der Waals surface area contributed by atoms with Gasteiger partial charge in [0.05, 0.1) is 5.41 Å². The molecule has 1 unspecified atom stereocenters. The molecule has 0 aliphatic heterocycles. The molecule has 0 radical (unpaired) electrons. The van der Waals surface area contributed by atoms with Gasteiger partial charge in [0.25, 0.3) is 0 Å². The molecule has 0 aliphatic carbocycles. The summed E-state index contributed by atoms with van der Waals surface area (Å²) in [5.41, 5.74) is 5.79. The van der Waals surface area contributed by atoms with E-state index >= 15 is 0 Å². The number of carbonyl (C=O) groups excluding carboxylic acids is 1. The Morgan fingerprint density at radius 1 is 1.35 bits per heavy atom. The Labute approximate surface area is 120 Å². The van der Waals surface area contributed by atoms with Gasteiger partial charge in [-0.3, -0.25) is 4.79 Å². The van der Waals surface area contributed by atoms with Gasteiger partial charge in [0.1, 0.15) is 5.82 Å². The van der Waals surface area contributed by atoms with E-state index in [9.17, 15) is 9.18 Å². The maximum absolute atomic E-state index is 13.0. The summed E-state index contributed by atoms with van der Waals surface area (Å²) in [5.74, 6) is -0.372. The van der Waals surface area contributed by atoms with Crippen molar-refractivity contribution in [2.75, 3.05) is 6.54 Å². The topological polar surface area (TPSA) is 55.1 Å². The van der Waals surface area contributed by atoms with Crippen molar-refractivity contribution in [3.63, 3.8) is 0 Å². The zero-order chi connectivity index (χ0) is 15.2. The summed E-state index contributed by atoms with van der Waals surface area (Å²) in [7, 11) is 0. The number of nitrogens with one attached hydrogen (secondary N) is 1. The molecule has 3 N–H and O–H groups in total. The zero-order valence-electron chi connectivity index (χ0n) is 12.6. The van der Waals surface area contributed by atoms with E-state index in [1.165, 1.54) is 12.1 Å². The van der Waals surface area contributed by atoms with E-state index < -0.39 is 5.41 Å². The SMILES string of the molecule is CCCCC(CN)NC(=O)C(C)(C)c1ccc(F)cc1. The van der Waals surface area contributed by atoms with E-state index in [4.69, 9.17) is 5.73 Å². The standard InChI is InChI=1S/C16H25FN2O/c1-4-5-6-14(11-18)19-15(20)16(2,3)12-7-9-13(17)10-8-12/h7-10,14H,4-6,11,18H2,1-3H3,(H,19,20). The minimum absolute atomic E-state index is 0.00201. The van der Waals surface area contributed by atoms with Crippen LogP contribution in [0.5, 0.6) is 0 Å². The van der Waals surface area contributed by atoms with Gasteiger partial charge in [-0.05, 0) is 38.0 Å². The van der Waals surface area contributed by atoms with Crippen molar-refractivity contribution in [2.45, 2.75) is 51.5 Å². The number of carbonyl (C=O) groups is 1. The lowest BCUT2D eigenvalue weighted by atomic mass is 9.83. The molecule has 0 fully saturated rings. The van der Waals surface area contributed by atoms with E-state index in [1.54, 1.807) is 12.1 Å². The van der Waals surface area contributed by atoms with Gasteiger partial charge in [-0.15, -0.1) is 0 Å². The number of nitrogens with two attached hydrogens (primary N) is 1. The smallest absolute Gasteiger partial charge is 0.230 e. The zero-order valence-corrected chi connectivity index (χ0v) is 12.6. The second-order valence-electron chi connectivity index (χ2n) is 5.68. The predicted molar refractivity (Wildman–Crippen MR) is 79.9 cm³/mol. The number of rotatable bonds is 7. The van der Waals surface area contributed by atoms with Crippen LogP contribution in [0.3, 0.4) is 0 Å². The summed E-state index contributed by atoms with van der Waals surface area (Å²) in [5, 5.41) is 3.00. The lowest BCUT2D eigenvalue weighted by Gasteiger charge is -2.27. The lowest BCUT2D eigenvalue weighted by molar-refractivity contribution is -0.126. The molecule has 3 nitrogen and oxygen atoms in total. The van der Waals surface area contributed by atoms with Crippen molar-refractivity contribution in [2.24, 2.45) is 5.73 Å². The summed E-state index contributed by atoms with van der Waals surface area (Å²) in [6, 6.07) is 6.06. The summed E-state index contributed by atoms with van der Waals surface area (Å²) in [6.45, 7) is 6.22. The van der Waals surface area contributed by atoms with E-state index in [2.05, 4.69) is 12.2 Å². The Morgan fingerprint density at radius 3 is 2.45 bits per heavy atom. The molecule has 112 valence electrons. The molecule has 1 aromatic rings. The molecule has 0 saturated heterocycles. The third-order valence-electron chi connectivity index (χ3n) is 3.66. The second-order valence-corrected chi connectivity index (χ2v) is 5.68. The van der Waals surface area contributed by atoms with Crippen LogP contribution < -0.4 is 11.1 Å². The van der Waals surface area contributed by atoms with E-state index in [-0.39, 0.29) is 17.8 Å². The molecule has 0 spiro atoms. The fourth-order valence-corrected chi connectivity index (χ4v) is 2.06. The normalized spacial score (nSPS) is 13.1. The van der Waals surface area contributed by atoms with Crippen molar-refractivity contribution in [3.05, 3.63) is 35.6 Å². The number of amides is 1. The molecule has 20 heavy (non-hydrogen) atoms. The first-order valence-corrected chi connectivity index (χ1v) is 7.19. The number of hydrogen-bond donors (Lipinski definition) is 2. The summed E-state index contributed by atoms with van der Waals surface area (Å²) < 4.78 is 13.0. The highest BCUT2D eigenvalue weighted by molar-refractivity contribution is 5.87. The first-order chi connectivity index (χ1) is 9.41. The van der Waals surface area contributed by atoms with Gasteiger partial charge < -0.3 is 11.1 Å². The molecule has 1 aromatic carbocycles. The largest absolute Gasteiger partial charge is 0.351 e. The third kappa shape index (κ3) is 4.30. The Bertz CT molecular complexity index is 429. The molecule has 0 bridgehead atoms. The first kappa shape index (κ1) is 16.6. The van der Waals surface area contributed by atoms with Crippen LogP contribution in [0.25, 0.3) is 0 Å². The van der Waals surface area contributed by atoms with Gasteiger partial charge in [0.15, 0.2) is 0 Å². The predicted octanol–water partition coefficient (Wildman–Crippen LogP) is 2.74. The van der Waals surface area contributed by atoms with Gasteiger partial charge in [0, 0.05) is 12.6 Å².